The molecular formula is C21H16ClFN2O2S. The van der Waals surface area contributed by atoms with Crippen LogP contribution in [0.15, 0.2) is 70.7 Å². The number of benzene rings is 2. The van der Waals surface area contributed by atoms with Crippen LogP contribution in [0.1, 0.15) is 16.8 Å². The van der Waals surface area contributed by atoms with E-state index in [-0.39, 0.29) is 20.8 Å². The third kappa shape index (κ3) is 3.19. The Hall–Kier alpha value is -2.70. The molecule has 0 aliphatic carbocycles. The Morgan fingerprint density at radius 3 is 2.68 bits per heavy atom. The Kier molecular flexibility index (Phi) is 4.69. The number of aromatic nitrogens is 2. The van der Waals surface area contributed by atoms with Crippen molar-refractivity contribution in [2.24, 2.45) is 0 Å². The number of nitrogens with one attached hydrogen (secondary N) is 1. The van der Waals surface area contributed by atoms with Crippen LogP contribution in [-0.2, 0) is 16.3 Å². The molecule has 0 saturated carbocycles. The topological polar surface area (TPSA) is 62.8 Å². The summed E-state index contributed by atoms with van der Waals surface area (Å²) in [6, 6.07) is 14.2. The predicted molar refractivity (Wildman–Crippen MR) is 107 cm³/mol. The van der Waals surface area contributed by atoms with Crippen LogP contribution in [0.25, 0.3) is 10.9 Å². The van der Waals surface area contributed by atoms with Gasteiger partial charge in [0.1, 0.15) is 5.82 Å². The maximum absolute atomic E-state index is 13.8. The van der Waals surface area contributed by atoms with Crippen molar-refractivity contribution in [3.05, 3.63) is 88.5 Å². The Morgan fingerprint density at radius 1 is 1.11 bits per heavy atom. The van der Waals surface area contributed by atoms with Gasteiger partial charge in [-0.2, -0.15) is 0 Å². The van der Waals surface area contributed by atoms with Crippen LogP contribution in [-0.4, -0.2) is 18.4 Å². The van der Waals surface area contributed by atoms with Crippen molar-refractivity contribution in [3.63, 3.8) is 0 Å². The summed E-state index contributed by atoms with van der Waals surface area (Å²) in [6.45, 7) is 1.88. The van der Waals surface area contributed by atoms with E-state index in [0.717, 1.165) is 22.2 Å². The molecule has 0 unspecified atom stereocenters. The quantitative estimate of drug-likeness (QED) is 0.506. The molecule has 0 aliphatic rings. The number of aromatic amines is 1. The van der Waals surface area contributed by atoms with Crippen molar-refractivity contribution >= 4 is 32.3 Å². The zero-order chi connectivity index (χ0) is 19.9. The molecule has 4 nitrogen and oxygen atoms in total. The Labute approximate surface area is 166 Å². The molecule has 2 aromatic carbocycles. The first-order valence-electron chi connectivity index (χ1n) is 8.58. The molecule has 4 rings (SSSR count). The summed E-state index contributed by atoms with van der Waals surface area (Å²) in [4.78, 5) is 7.37. The highest BCUT2D eigenvalue weighted by Crippen LogP contribution is 2.31. The zero-order valence-corrected chi connectivity index (χ0v) is 16.5. The van der Waals surface area contributed by atoms with E-state index in [1.54, 1.807) is 30.3 Å². The lowest BCUT2D eigenvalue weighted by Gasteiger charge is -2.11. The number of rotatable bonds is 4. The number of halogens is 2. The van der Waals surface area contributed by atoms with Crippen LogP contribution in [0, 0.1) is 12.7 Å². The SMILES string of the molecule is Cc1[nH]c2ccc(F)cc2c1Cc1cccnc1S(=O)(=O)c1ccccc1Cl. The normalized spacial score (nSPS) is 11.8. The van der Waals surface area contributed by atoms with Gasteiger partial charge in [0.25, 0.3) is 0 Å². The predicted octanol–water partition coefficient (Wildman–Crippen LogP) is 5.09. The molecule has 7 heteroatoms. The highest BCUT2D eigenvalue weighted by Gasteiger charge is 2.25. The van der Waals surface area contributed by atoms with Gasteiger partial charge in [-0.15, -0.1) is 0 Å². The molecule has 2 heterocycles. The van der Waals surface area contributed by atoms with Gasteiger partial charge in [0.05, 0.1) is 9.92 Å². The van der Waals surface area contributed by atoms with Crippen molar-refractivity contribution in [1.29, 1.82) is 0 Å². The second-order valence-electron chi connectivity index (χ2n) is 6.50. The van der Waals surface area contributed by atoms with Crippen LogP contribution in [0.2, 0.25) is 5.02 Å². The number of hydrogen-bond donors (Lipinski definition) is 1. The first-order valence-corrected chi connectivity index (χ1v) is 10.4. The van der Waals surface area contributed by atoms with Crippen LogP contribution in [0.4, 0.5) is 4.39 Å². The lowest BCUT2D eigenvalue weighted by molar-refractivity contribution is 0.591. The van der Waals surface area contributed by atoms with Gasteiger partial charge in [0, 0.05) is 29.2 Å². The van der Waals surface area contributed by atoms with E-state index >= 15 is 0 Å². The summed E-state index contributed by atoms with van der Waals surface area (Å²) >= 11 is 6.12. The van der Waals surface area contributed by atoms with E-state index in [1.165, 1.54) is 30.5 Å². The van der Waals surface area contributed by atoms with Gasteiger partial charge >= 0.3 is 0 Å². The molecule has 28 heavy (non-hydrogen) atoms. The third-order valence-corrected chi connectivity index (χ3v) is 6.93. The van der Waals surface area contributed by atoms with Crippen molar-refractivity contribution in [1.82, 2.24) is 9.97 Å². The molecule has 0 fully saturated rings. The Balaban J connectivity index is 1.86. The number of fused-ring (bicyclic) bond motifs is 1. The average Bonchev–Trinajstić information content (AvgIpc) is 2.97. The first-order chi connectivity index (χ1) is 13.4. The highest BCUT2D eigenvalue weighted by molar-refractivity contribution is 7.91. The summed E-state index contributed by atoms with van der Waals surface area (Å²) < 4.78 is 40.1. The van der Waals surface area contributed by atoms with E-state index in [1.807, 2.05) is 6.92 Å². The van der Waals surface area contributed by atoms with Crippen molar-refractivity contribution in [3.8, 4) is 0 Å². The summed E-state index contributed by atoms with van der Waals surface area (Å²) in [7, 11) is -3.91. The van der Waals surface area contributed by atoms with E-state index in [9.17, 15) is 12.8 Å². The molecule has 0 bridgehead atoms. The number of hydrogen-bond acceptors (Lipinski definition) is 3. The Bertz CT molecular complexity index is 1300. The minimum absolute atomic E-state index is 0.0123. The summed E-state index contributed by atoms with van der Waals surface area (Å²) in [5.41, 5.74) is 3.01. The lowest BCUT2D eigenvalue weighted by Crippen LogP contribution is -2.09. The molecule has 4 aromatic rings. The molecule has 1 N–H and O–H groups in total. The van der Waals surface area contributed by atoms with Crippen molar-refractivity contribution < 1.29 is 12.8 Å². The van der Waals surface area contributed by atoms with E-state index in [0.29, 0.717) is 12.0 Å². The minimum Gasteiger partial charge on any atom is -0.358 e. The highest BCUT2D eigenvalue weighted by atomic mass is 35.5. The van der Waals surface area contributed by atoms with Crippen molar-refractivity contribution in [2.75, 3.05) is 0 Å². The van der Waals surface area contributed by atoms with Crippen LogP contribution >= 0.6 is 11.6 Å². The number of nitrogens with zero attached hydrogens (tertiary/aromatic N) is 1. The monoisotopic (exact) mass is 414 g/mol. The number of H-pyrrole nitrogens is 1. The number of aryl methyl sites for hydroxylation is 1. The fraction of sp³-hybridized carbons (Fsp3) is 0.0952. The average molecular weight is 415 g/mol. The van der Waals surface area contributed by atoms with E-state index < -0.39 is 9.84 Å². The van der Waals surface area contributed by atoms with Crippen LogP contribution in [0.5, 0.6) is 0 Å². The van der Waals surface area contributed by atoms with E-state index in [4.69, 9.17) is 11.6 Å². The van der Waals surface area contributed by atoms with Gasteiger partial charge in [0.15, 0.2) is 5.03 Å². The molecule has 0 saturated heterocycles. The fourth-order valence-corrected chi connectivity index (χ4v) is 5.26. The second-order valence-corrected chi connectivity index (χ2v) is 8.74. The Morgan fingerprint density at radius 2 is 1.89 bits per heavy atom. The summed E-state index contributed by atoms with van der Waals surface area (Å²) in [5, 5.41) is 0.820. The van der Waals surface area contributed by atoms with E-state index in [2.05, 4.69) is 9.97 Å². The molecule has 2 aromatic heterocycles. The van der Waals surface area contributed by atoms with Gasteiger partial charge in [-0.05, 0) is 54.4 Å². The van der Waals surface area contributed by atoms with Gasteiger partial charge in [0.2, 0.25) is 9.84 Å². The molecule has 0 amide bonds. The molecular weight excluding hydrogens is 399 g/mol. The molecule has 0 radical (unpaired) electrons. The maximum atomic E-state index is 13.8. The molecule has 0 aliphatic heterocycles. The maximum Gasteiger partial charge on any atom is 0.225 e. The largest absolute Gasteiger partial charge is 0.358 e. The first kappa shape index (κ1) is 18.7. The van der Waals surface area contributed by atoms with Crippen LogP contribution in [0.3, 0.4) is 0 Å². The molecule has 0 spiro atoms. The lowest BCUT2D eigenvalue weighted by atomic mass is 10.0. The second kappa shape index (κ2) is 7.04. The summed E-state index contributed by atoms with van der Waals surface area (Å²) in [5.74, 6) is -0.345. The van der Waals surface area contributed by atoms with Gasteiger partial charge in [-0.3, -0.25) is 0 Å². The van der Waals surface area contributed by atoms with Crippen LogP contribution < -0.4 is 0 Å². The number of sulfone groups is 1. The molecule has 142 valence electrons. The third-order valence-electron chi connectivity index (χ3n) is 4.68. The minimum atomic E-state index is -3.91. The fourth-order valence-electron chi connectivity index (χ4n) is 3.34. The summed E-state index contributed by atoms with van der Waals surface area (Å²) in [6.07, 6.45) is 1.73. The molecule has 0 atom stereocenters. The van der Waals surface area contributed by atoms with Gasteiger partial charge in [-0.1, -0.05) is 29.8 Å². The number of pyridine rings is 1. The van der Waals surface area contributed by atoms with Crippen molar-refractivity contribution in [2.45, 2.75) is 23.3 Å². The van der Waals surface area contributed by atoms with Gasteiger partial charge < -0.3 is 4.98 Å². The standard InChI is InChI=1S/C21H16ClFN2O2S/c1-13-16(17-12-15(23)8-9-19(17)25-13)11-14-5-4-10-24-21(14)28(26,27)20-7-3-2-6-18(20)22/h2-10,12,25H,11H2,1H3. The smallest absolute Gasteiger partial charge is 0.225 e. The zero-order valence-electron chi connectivity index (χ0n) is 14.9. The van der Waals surface area contributed by atoms with Gasteiger partial charge in [-0.25, -0.2) is 17.8 Å².